The van der Waals surface area contributed by atoms with Gasteiger partial charge in [0.25, 0.3) is 11.1 Å². The maximum Gasteiger partial charge on any atom is 0.328 e. The fraction of sp³-hybridized carbons (Fsp3) is 0.440. The molecule has 1 aliphatic heterocycles. The molecule has 0 bridgehead atoms. The van der Waals surface area contributed by atoms with Crippen molar-refractivity contribution in [1.82, 2.24) is 34.0 Å². The van der Waals surface area contributed by atoms with Gasteiger partial charge in [-0.3, -0.25) is 19.1 Å². The van der Waals surface area contributed by atoms with E-state index in [0.717, 1.165) is 0 Å². The summed E-state index contributed by atoms with van der Waals surface area (Å²) in [6.07, 6.45) is 6.81. The third kappa shape index (κ3) is 8.16. The first-order valence-corrected chi connectivity index (χ1v) is 11.6. The molecule has 202 valence electrons. The van der Waals surface area contributed by atoms with E-state index in [0.29, 0.717) is 34.7 Å². The number of H-pyrrole nitrogens is 2. The number of hydrogen-bond acceptors (Lipinski definition) is 8. The molecule has 12 nitrogen and oxygen atoms in total. The van der Waals surface area contributed by atoms with Crippen molar-refractivity contribution in [3.05, 3.63) is 80.3 Å². The van der Waals surface area contributed by atoms with Crippen LogP contribution in [0.15, 0.2) is 62.6 Å². The Morgan fingerprint density at radius 3 is 2.11 bits per heavy atom. The zero-order chi connectivity index (χ0) is 27.2. The predicted molar refractivity (Wildman–Crippen MR) is 149 cm³/mol. The topological polar surface area (TPSA) is 160 Å². The van der Waals surface area contributed by atoms with E-state index in [1.165, 1.54) is 16.8 Å². The van der Waals surface area contributed by atoms with Gasteiger partial charge in [0.2, 0.25) is 0 Å². The number of amidine groups is 1. The van der Waals surface area contributed by atoms with Gasteiger partial charge in [0.1, 0.15) is 17.5 Å². The largest absolute Gasteiger partial charge is 0.384 e. The first kappa shape index (κ1) is 30.8. The number of imidazole rings is 1. The Labute approximate surface area is 216 Å². The Hall–Kier alpha value is -4.22. The maximum atomic E-state index is 11.5. The highest BCUT2D eigenvalue weighted by Gasteiger charge is 2.11. The highest BCUT2D eigenvalue weighted by Crippen LogP contribution is 2.13. The first-order valence-electron chi connectivity index (χ1n) is 11.6. The summed E-state index contributed by atoms with van der Waals surface area (Å²) in [5.74, 6) is 1.84. The molecule has 0 fully saturated rings. The number of fused-ring (bicyclic) bond motifs is 1. The third-order valence-corrected chi connectivity index (χ3v) is 5.03. The van der Waals surface area contributed by atoms with Crippen LogP contribution in [0.5, 0.6) is 0 Å². The van der Waals surface area contributed by atoms with E-state index in [4.69, 9.17) is 5.73 Å². The Balaban J connectivity index is 0.000000277. The quantitative estimate of drug-likeness (QED) is 0.485. The lowest BCUT2D eigenvalue weighted by Crippen LogP contribution is -2.29. The van der Waals surface area contributed by atoms with Crippen molar-refractivity contribution in [3.8, 4) is 0 Å². The summed E-state index contributed by atoms with van der Waals surface area (Å²) in [6, 6.07) is 2.06. The molecule has 0 atom stereocenters. The molecule has 12 heteroatoms. The van der Waals surface area contributed by atoms with E-state index < -0.39 is 0 Å². The van der Waals surface area contributed by atoms with Crippen LogP contribution in [0.4, 0.5) is 0 Å². The first-order chi connectivity index (χ1) is 16.8. The van der Waals surface area contributed by atoms with E-state index >= 15 is 0 Å². The summed E-state index contributed by atoms with van der Waals surface area (Å²) in [5.41, 5.74) is 5.64. The molecule has 0 amide bonds. The molecule has 4 N–H and O–H groups in total. The second kappa shape index (κ2) is 13.2. The van der Waals surface area contributed by atoms with Crippen LogP contribution in [-0.4, -0.2) is 45.8 Å². The number of hydrogen-bond donors (Lipinski definition) is 3. The summed E-state index contributed by atoms with van der Waals surface area (Å²) in [7, 11) is 0. The lowest BCUT2D eigenvalue weighted by atomic mass is 10.3. The number of aliphatic imine (C=N–C) groups is 1. The van der Waals surface area contributed by atoms with Crippen molar-refractivity contribution in [2.45, 2.75) is 74.0 Å². The molecule has 0 saturated carbocycles. The van der Waals surface area contributed by atoms with E-state index in [9.17, 15) is 14.4 Å². The number of aromatic amines is 2. The van der Waals surface area contributed by atoms with Crippen molar-refractivity contribution in [1.29, 1.82) is 0 Å². The van der Waals surface area contributed by atoms with Gasteiger partial charge < -0.3 is 20.2 Å². The van der Waals surface area contributed by atoms with Gasteiger partial charge in [0, 0.05) is 36.6 Å². The third-order valence-electron chi connectivity index (χ3n) is 5.03. The molecular weight excluding hydrogens is 474 g/mol. The van der Waals surface area contributed by atoms with E-state index in [-0.39, 0.29) is 36.3 Å². The minimum absolute atomic E-state index is 0. The fourth-order valence-corrected chi connectivity index (χ4v) is 3.20. The molecule has 37 heavy (non-hydrogen) atoms. The zero-order valence-corrected chi connectivity index (χ0v) is 21.8. The van der Waals surface area contributed by atoms with Crippen molar-refractivity contribution in [3.63, 3.8) is 0 Å². The van der Waals surface area contributed by atoms with Gasteiger partial charge >= 0.3 is 5.69 Å². The summed E-state index contributed by atoms with van der Waals surface area (Å²) >= 11 is 0. The van der Waals surface area contributed by atoms with Crippen molar-refractivity contribution < 1.29 is 0 Å². The highest BCUT2D eigenvalue weighted by molar-refractivity contribution is 5.92. The smallest absolute Gasteiger partial charge is 0.328 e. The summed E-state index contributed by atoms with van der Waals surface area (Å²) in [6.45, 7) is 17.5. The van der Waals surface area contributed by atoms with Crippen molar-refractivity contribution in [2.24, 2.45) is 10.7 Å². The van der Waals surface area contributed by atoms with Crippen LogP contribution in [-0.2, 0) is 0 Å². The zero-order valence-electron chi connectivity index (χ0n) is 21.8. The average molecular weight is 514 g/mol. The Bertz CT molecular complexity index is 1440. The molecule has 0 radical (unpaired) electrons. The predicted octanol–water partition coefficient (Wildman–Crippen LogP) is 2.82. The SMILES string of the molecule is C.C=C1N=C(N)C=CN1C(C)C.CC(C)n1ccc(=O)[nH]c1=O.Cc1nc2c(ncn2C(C)C)c(=O)[nH]1. The molecule has 4 rings (SSSR count). The second-order valence-corrected chi connectivity index (χ2v) is 8.95. The van der Waals surface area contributed by atoms with Gasteiger partial charge in [-0.25, -0.2) is 19.8 Å². The Kier molecular flexibility index (Phi) is 11.0. The van der Waals surface area contributed by atoms with E-state index in [2.05, 4.69) is 45.4 Å². The molecule has 0 saturated heterocycles. The number of nitrogens with one attached hydrogen (secondary N) is 2. The molecule has 0 aromatic carbocycles. The number of nitrogens with zero attached hydrogens (tertiary/aromatic N) is 6. The summed E-state index contributed by atoms with van der Waals surface area (Å²) < 4.78 is 3.35. The van der Waals surface area contributed by atoms with Gasteiger partial charge in [-0.2, -0.15) is 0 Å². The van der Waals surface area contributed by atoms with E-state index in [1.54, 1.807) is 19.3 Å². The van der Waals surface area contributed by atoms with Crippen LogP contribution in [0.3, 0.4) is 0 Å². The van der Waals surface area contributed by atoms with Gasteiger partial charge in [0.05, 0.1) is 6.33 Å². The Morgan fingerprint density at radius 1 is 0.973 bits per heavy atom. The fourth-order valence-electron chi connectivity index (χ4n) is 3.20. The average Bonchev–Trinajstić information content (AvgIpc) is 3.18. The van der Waals surface area contributed by atoms with Gasteiger partial charge in [0.15, 0.2) is 11.2 Å². The minimum atomic E-state index is -0.355. The van der Waals surface area contributed by atoms with Crippen LogP contribution in [0.25, 0.3) is 11.2 Å². The lowest BCUT2D eigenvalue weighted by Gasteiger charge is -2.26. The maximum absolute atomic E-state index is 11.5. The Morgan fingerprint density at radius 2 is 1.59 bits per heavy atom. The van der Waals surface area contributed by atoms with Crippen molar-refractivity contribution >= 4 is 17.0 Å². The monoisotopic (exact) mass is 513 g/mol. The molecule has 0 unspecified atom stereocenters. The number of nitrogens with two attached hydrogens (primary N) is 1. The van der Waals surface area contributed by atoms with Gasteiger partial charge in [-0.05, 0) is 54.5 Å². The van der Waals surface area contributed by atoms with Crippen LogP contribution in [0.2, 0.25) is 0 Å². The summed E-state index contributed by atoms with van der Waals surface area (Å²) in [5, 5.41) is 0. The number of aromatic nitrogens is 6. The van der Waals surface area contributed by atoms with Crippen LogP contribution in [0.1, 0.15) is 66.9 Å². The highest BCUT2D eigenvalue weighted by atomic mass is 16.2. The van der Waals surface area contributed by atoms with E-state index in [1.807, 2.05) is 43.4 Å². The van der Waals surface area contributed by atoms with Gasteiger partial charge in [-0.15, -0.1) is 0 Å². The second-order valence-electron chi connectivity index (χ2n) is 8.95. The molecule has 4 heterocycles. The number of rotatable bonds is 3. The normalized spacial score (nSPS) is 12.6. The van der Waals surface area contributed by atoms with Crippen LogP contribution < -0.4 is 22.5 Å². The molecule has 3 aromatic heterocycles. The number of aryl methyl sites for hydroxylation is 1. The van der Waals surface area contributed by atoms with Gasteiger partial charge in [-0.1, -0.05) is 14.0 Å². The molecular formula is C25H39N9O3. The van der Waals surface area contributed by atoms with Crippen LogP contribution >= 0.6 is 0 Å². The minimum Gasteiger partial charge on any atom is -0.384 e. The van der Waals surface area contributed by atoms with Crippen LogP contribution in [0, 0.1) is 6.92 Å². The molecule has 0 spiro atoms. The summed E-state index contributed by atoms with van der Waals surface area (Å²) in [4.78, 5) is 52.1. The van der Waals surface area contributed by atoms with Crippen molar-refractivity contribution in [2.75, 3.05) is 0 Å². The lowest BCUT2D eigenvalue weighted by molar-refractivity contribution is 0.380. The molecule has 0 aliphatic carbocycles. The molecule has 1 aliphatic rings. The standard InChI is InChI=1S/C9H12N4O.C8H13N3.C7H10N2O2.CH4/c1-5(2)13-4-10-7-8(13)11-6(3)12-9(7)14;1-6(2)11-5-4-8(9)10-7(11)3;1-5(2)9-4-3-6(10)8-7(9)11;/h4-5H,1-3H3,(H,11,12,14);4-6H,3H2,1-2H3,(H2,9,10);3-5H,1-2H3,(H,8,10,11);1H4. The molecule has 3 aromatic rings.